The van der Waals surface area contributed by atoms with Gasteiger partial charge < -0.3 is 14.8 Å². The topological polar surface area (TPSA) is 47.6 Å². The van der Waals surface area contributed by atoms with E-state index in [9.17, 15) is 4.79 Å². The number of hydrogen-bond donors (Lipinski definition) is 1. The van der Waals surface area contributed by atoms with E-state index in [1.807, 2.05) is 0 Å². The molecule has 0 aliphatic heterocycles. The highest BCUT2D eigenvalue weighted by molar-refractivity contribution is 6.32. The average Bonchev–Trinajstić information content (AvgIpc) is 2.42. The van der Waals surface area contributed by atoms with Crippen molar-refractivity contribution in [1.82, 2.24) is 5.32 Å². The number of carbonyl (C=O) groups is 1. The first-order chi connectivity index (χ1) is 9.13. The van der Waals surface area contributed by atoms with Crippen molar-refractivity contribution >= 4 is 17.5 Å². The first kappa shape index (κ1) is 15.6. The number of nitrogens with one attached hydrogen (secondary N) is 1. The van der Waals surface area contributed by atoms with E-state index in [4.69, 9.17) is 21.1 Å². The number of hydrogen-bond acceptors (Lipinski definition) is 3. The van der Waals surface area contributed by atoms with Gasteiger partial charge in [-0.05, 0) is 18.6 Å². The van der Waals surface area contributed by atoms with Crippen molar-refractivity contribution in [3.8, 4) is 11.5 Å². The van der Waals surface area contributed by atoms with Crippen molar-refractivity contribution in [2.75, 3.05) is 20.8 Å². The zero-order chi connectivity index (χ0) is 14.3. The molecule has 4 nitrogen and oxygen atoms in total. The smallest absolute Gasteiger partial charge is 0.251 e. The van der Waals surface area contributed by atoms with E-state index in [1.165, 1.54) is 14.2 Å². The molecule has 0 unspecified atom stereocenters. The summed E-state index contributed by atoms with van der Waals surface area (Å²) in [6, 6.07) is 3.21. The normalized spacial score (nSPS) is 10.1. The lowest BCUT2D eigenvalue weighted by molar-refractivity contribution is 0.0952. The third kappa shape index (κ3) is 4.31. The fourth-order valence-corrected chi connectivity index (χ4v) is 2.02. The van der Waals surface area contributed by atoms with Gasteiger partial charge in [0.15, 0.2) is 11.5 Å². The van der Waals surface area contributed by atoms with Gasteiger partial charge >= 0.3 is 0 Å². The summed E-state index contributed by atoms with van der Waals surface area (Å²) in [5.41, 5.74) is 0.471. The Labute approximate surface area is 119 Å². The zero-order valence-electron chi connectivity index (χ0n) is 11.6. The van der Waals surface area contributed by atoms with Crippen LogP contribution in [0.15, 0.2) is 12.1 Å². The molecule has 19 heavy (non-hydrogen) atoms. The Morgan fingerprint density at radius 1 is 1.26 bits per heavy atom. The van der Waals surface area contributed by atoms with Crippen LogP contribution in [0.4, 0.5) is 0 Å². The average molecular weight is 286 g/mol. The molecular formula is C14H20ClNO3. The predicted octanol–water partition coefficient (Wildman–Crippen LogP) is 3.28. The van der Waals surface area contributed by atoms with Gasteiger partial charge in [-0.1, -0.05) is 31.4 Å². The van der Waals surface area contributed by atoms with Crippen LogP contribution >= 0.6 is 11.6 Å². The first-order valence-electron chi connectivity index (χ1n) is 6.33. The number of amides is 1. The SMILES string of the molecule is CCCCCNC(=O)c1cc(Cl)c(OC)c(OC)c1. The van der Waals surface area contributed by atoms with Crippen molar-refractivity contribution < 1.29 is 14.3 Å². The fraction of sp³-hybridized carbons (Fsp3) is 0.500. The largest absolute Gasteiger partial charge is 0.493 e. The minimum Gasteiger partial charge on any atom is -0.493 e. The van der Waals surface area contributed by atoms with Crippen LogP contribution in [0.25, 0.3) is 0 Å². The molecule has 0 aliphatic carbocycles. The maximum Gasteiger partial charge on any atom is 0.251 e. The summed E-state index contributed by atoms with van der Waals surface area (Å²) in [5, 5.41) is 3.22. The minimum absolute atomic E-state index is 0.154. The van der Waals surface area contributed by atoms with Gasteiger partial charge in [0.2, 0.25) is 0 Å². The van der Waals surface area contributed by atoms with Crippen LogP contribution in [0.1, 0.15) is 36.5 Å². The minimum atomic E-state index is -0.154. The van der Waals surface area contributed by atoms with E-state index in [1.54, 1.807) is 12.1 Å². The van der Waals surface area contributed by atoms with Gasteiger partial charge in [-0.15, -0.1) is 0 Å². The Kier molecular flexibility index (Phi) is 6.50. The molecule has 0 radical (unpaired) electrons. The Balaban J connectivity index is 2.77. The van der Waals surface area contributed by atoms with Gasteiger partial charge in [0.05, 0.1) is 19.2 Å². The van der Waals surface area contributed by atoms with Crippen molar-refractivity contribution in [3.63, 3.8) is 0 Å². The molecule has 1 aromatic rings. The van der Waals surface area contributed by atoms with E-state index in [0.717, 1.165) is 19.3 Å². The summed E-state index contributed by atoms with van der Waals surface area (Å²) in [4.78, 5) is 12.0. The number of rotatable bonds is 7. The maximum atomic E-state index is 12.0. The summed E-state index contributed by atoms with van der Waals surface area (Å²) in [7, 11) is 3.02. The second-order valence-electron chi connectivity index (χ2n) is 4.16. The van der Waals surface area contributed by atoms with Crippen molar-refractivity contribution in [2.45, 2.75) is 26.2 Å². The summed E-state index contributed by atoms with van der Waals surface area (Å²) < 4.78 is 10.3. The number of benzene rings is 1. The number of methoxy groups -OCH3 is 2. The predicted molar refractivity (Wildman–Crippen MR) is 76.4 cm³/mol. The number of carbonyl (C=O) groups excluding carboxylic acids is 1. The standard InChI is InChI=1S/C14H20ClNO3/c1-4-5-6-7-16-14(17)10-8-11(15)13(19-3)12(9-10)18-2/h8-9H,4-7H2,1-3H3,(H,16,17). The first-order valence-corrected chi connectivity index (χ1v) is 6.71. The van der Waals surface area contributed by atoms with Crippen molar-refractivity contribution in [2.24, 2.45) is 0 Å². The Bertz CT molecular complexity index is 435. The zero-order valence-corrected chi connectivity index (χ0v) is 12.3. The molecule has 0 heterocycles. The lowest BCUT2D eigenvalue weighted by Gasteiger charge is -2.11. The van der Waals surface area contributed by atoms with Crippen LogP contribution in [0, 0.1) is 0 Å². The summed E-state index contributed by atoms with van der Waals surface area (Å²) >= 11 is 6.06. The molecule has 0 bridgehead atoms. The van der Waals surface area contributed by atoms with E-state index < -0.39 is 0 Å². The summed E-state index contributed by atoms with van der Waals surface area (Å²) in [6.07, 6.45) is 3.20. The molecule has 0 aliphatic rings. The molecule has 0 atom stereocenters. The van der Waals surface area contributed by atoms with Crippen molar-refractivity contribution in [1.29, 1.82) is 0 Å². The van der Waals surface area contributed by atoms with Gasteiger partial charge in [0.1, 0.15) is 0 Å². The molecule has 0 aromatic heterocycles. The fourth-order valence-electron chi connectivity index (χ4n) is 1.73. The third-order valence-corrected chi connectivity index (χ3v) is 3.04. The van der Waals surface area contributed by atoms with Crippen LogP contribution in [0.3, 0.4) is 0 Å². The maximum absolute atomic E-state index is 12.0. The lowest BCUT2D eigenvalue weighted by atomic mass is 10.1. The molecule has 1 N–H and O–H groups in total. The van der Waals surface area contributed by atoms with E-state index in [2.05, 4.69) is 12.2 Å². The molecule has 0 saturated carbocycles. The molecule has 106 valence electrons. The van der Waals surface area contributed by atoms with Crippen molar-refractivity contribution in [3.05, 3.63) is 22.7 Å². The molecule has 0 fully saturated rings. The molecule has 5 heteroatoms. The van der Waals surface area contributed by atoms with Gasteiger partial charge in [-0.25, -0.2) is 0 Å². The van der Waals surface area contributed by atoms with Crippen LogP contribution in [0.2, 0.25) is 5.02 Å². The van der Waals surface area contributed by atoms with Crippen LogP contribution in [-0.2, 0) is 0 Å². The lowest BCUT2D eigenvalue weighted by Crippen LogP contribution is -2.24. The molecule has 1 aromatic carbocycles. The summed E-state index contributed by atoms with van der Waals surface area (Å²) in [6.45, 7) is 2.79. The monoisotopic (exact) mass is 285 g/mol. The van der Waals surface area contributed by atoms with E-state index in [-0.39, 0.29) is 5.91 Å². The highest BCUT2D eigenvalue weighted by atomic mass is 35.5. The Morgan fingerprint density at radius 3 is 2.58 bits per heavy atom. The van der Waals surface area contributed by atoms with Crippen LogP contribution < -0.4 is 14.8 Å². The number of ether oxygens (including phenoxy) is 2. The highest BCUT2D eigenvalue weighted by Crippen LogP contribution is 2.35. The van der Waals surface area contributed by atoms with Crippen LogP contribution in [-0.4, -0.2) is 26.7 Å². The van der Waals surface area contributed by atoms with E-state index in [0.29, 0.717) is 28.6 Å². The molecule has 0 spiro atoms. The molecular weight excluding hydrogens is 266 g/mol. The Morgan fingerprint density at radius 2 is 2.00 bits per heavy atom. The molecule has 1 amide bonds. The van der Waals surface area contributed by atoms with Crippen LogP contribution in [0.5, 0.6) is 11.5 Å². The van der Waals surface area contributed by atoms with Gasteiger partial charge in [-0.3, -0.25) is 4.79 Å². The second kappa shape index (κ2) is 7.89. The van der Waals surface area contributed by atoms with Gasteiger partial charge in [-0.2, -0.15) is 0 Å². The van der Waals surface area contributed by atoms with E-state index >= 15 is 0 Å². The third-order valence-electron chi connectivity index (χ3n) is 2.76. The molecule has 1 rings (SSSR count). The van der Waals surface area contributed by atoms with Gasteiger partial charge in [0, 0.05) is 12.1 Å². The highest BCUT2D eigenvalue weighted by Gasteiger charge is 2.14. The quantitative estimate of drug-likeness (QED) is 0.782. The number of halogens is 1. The summed E-state index contributed by atoms with van der Waals surface area (Å²) in [5.74, 6) is 0.736. The number of unbranched alkanes of at least 4 members (excludes halogenated alkanes) is 2. The second-order valence-corrected chi connectivity index (χ2v) is 4.56. The van der Waals surface area contributed by atoms with Gasteiger partial charge in [0.25, 0.3) is 5.91 Å². The molecule has 0 saturated heterocycles. The Hall–Kier alpha value is -1.42.